The Bertz CT molecular complexity index is 225. The zero-order valence-electron chi connectivity index (χ0n) is 11.1. The van der Waals surface area contributed by atoms with Crippen molar-refractivity contribution in [2.75, 3.05) is 20.1 Å². The number of nitrogens with zero attached hydrogens (tertiary/aromatic N) is 1. The van der Waals surface area contributed by atoms with E-state index in [1.165, 1.54) is 32.1 Å². The van der Waals surface area contributed by atoms with Crippen LogP contribution >= 0.6 is 0 Å². The van der Waals surface area contributed by atoms with Crippen molar-refractivity contribution in [2.45, 2.75) is 57.6 Å². The van der Waals surface area contributed by atoms with Crippen LogP contribution in [0.1, 0.15) is 45.4 Å². The van der Waals surface area contributed by atoms with E-state index in [1.807, 2.05) is 6.92 Å². The van der Waals surface area contributed by atoms with E-state index in [9.17, 15) is 9.90 Å². The van der Waals surface area contributed by atoms with Gasteiger partial charge < -0.3 is 10.4 Å². The van der Waals surface area contributed by atoms with E-state index in [2.05, 4.69) is 10.2 Å². The fourth-order valence-corrected chi connectivity index (χ4v) is 2.58. The lowest BCUT2D eigenvalue weighted by Gasteiger charge is -2.35. The zero-order valence-corrected chi connectivity index (χ0v) is 11.1. The van der Waals surface area contributed by atoms with Crippen molar-refractivity contribution in [3.8, 4) is 0 Å². The van der Waals surface area contributed by atoms with E-state index in [0.717, 1.165) is 6.54 Å². The van der Waals surface area contributed by atoms with Crippen LogP contribution in [0.3, 0.4) is 0 Å². The molecule has 0 aliphatic heterocycles. The number of amides is 1. The van der Waals surface area contributed by atoms with E-state index in [-0.39, 0.29) is 12.0 Å². The summed E-state index contributed by atoms with van der Waals surface area (Å²) in [6, 6.07) is 0.558. The van der Waals surface area contributed by atoms with Gasteiger partial charge in [-0.1, -0.05) is 19.3 Å². The van der Waals surface area contributed by atoms with E-state index < -0.39 is 0 Å². The Morgan fingerprint density at radius 3 is 2.59 bits per heavy atom. The van der Waals surface area contributed by atoms with Crippen LogP contribution in [0.2, 0.25) is 0 Å². The van der Waals surface area contributed by atoms with E-state index in [1.54, 1.807) is 7.05 Å². The molecule has 1 atom stereocenters. The van der Waals surface area contributed by atoms with Crippen LogP contribution in [0.5, 0.6) is 0 Å². The van der Waals surface area contributed by atoms with Gasteiger partial charge in [0, 0.05) is 32.6 Å². The first-order valence-corrected chi connectivity index (χ1v) is 6.76. The Balaban J connectivity index is 2.43. The second-order valence-electron chi connectivity index (χ2n) is 5.06. The van der Waals surface area contributed by atoms with Gasteiger partial charge in [0.05, 0.1) is 6.10 Å². The monoisotopic (exact) mass is 242 g/mol. The van der Waals surface area contributed by atoms with Gasteiger partial charge in [0.25, 0.3) is 0 Å². The largest absolute Gasteiger partial charge is 0.392 e. The Hall–Kier alpha value is -0.610. The summed E-state index contributed by atoms with van der Waals surface area (Å²) in [5.74, 6) is 0.0800. The van der Waals surface area contributed by atoms with Crippen LogP contribution in [0.4, 0.5) is 0 Å². The van der Waals surface area contributed by atoms with Crippen LogP contribution in [0.15, 0.2) is 0 Å². The predicted octanol–water partition coefficient (Wildman–Crippen LogP) is 1.14. The summed E-state index contributed by atoms with van der Waals surface area (Å²) in [5, 5.41) is 12.2. The highest BCUT2D eigenvalue weighted by molar-refractivity contribution is 5.75. The Labute approximate surface area is 104 Å². The number of aliphatic hydroxyl groups excluding tert-OH is 1. The molecule has 1 aliphatic carbocycles. The summed E-state index contributed by atoms with van der Waals surface area (Å²) >= 11 is 0. The predicted molar refractivity (Wildman–Crippen MR) is 68.8 cm³/mol. The van der Waals surface area contributed by atoms with E-state index >= 15 is 0 Å². The van der Waals surface area contributed by atoms with E-state index in [4.69, 9.17) is 0 Å². The summed E-state index contributed by atoms with van der Waals surface area (Å²) in [7, 11) is 1.67. The van der Waals surface area contributed by atoms with Crippen molar-refractivity contribution < 1.29 is 9.90 Å². The molecule has 2 N–H and O–H groups in total. The highest BCUT2D eigenvalue weighted by Gasteiger charge is 2.22. The number of hydrogen-bond acceptors (Lipinski definition) is 3. The lowest BCUT2D eigenvalue weighted by Crippen LogP contribution is -2.42. The van der Waals surface area contributed by atoms with Gasteiger partial charge in [-0.15, -0.1) is 0 Å². The van der Waals surface area contributed by atoms with Crippen LogP contribution in [0, 0.1) is 0 Å². The third-order valence-electron chi connectivity index (χ3n) is 3.49. The molecule has 0 heterocycles. The molecule has 1 rings (SSSR count). The number of carbonyl (C=O) groups excluding carboxylic acids is 1. The highest BCUT2D eigenvalue weighted by atomic mass is 16.3. The average Bonchev–Trinajstić information content (AvgIpc) is 2.34. The van der Waals surface area contributed by atoms with Crippen LogP contribution in [-0.4, -0.2) is 48.2 Å². The van der Waals surface area contributed by atoms with Gasteiger partial charge >= 0.3 is 0 Å². The van der Waals surface area contributed by atoms with Crippen molar-refractivity contribution in [1.82, 2.24) is 10.2 Å². The van der Waals surface area contributed by atoms with Crippen LogP contribution < -0.4 is 5.32 Å². The van der Waals surface area contributed by atoms with Crippen molar-refractivity contribution in [3.05, 3.63) is 0 Å². The third kappa shape index (κ3) is 5.50. The molecule has 4 heteroatoms. The van der Waals surface area contributed by atoms with Gasteiger partial charge in [-0.3, -0.25) is 9.69 Å². The van der Waals surface area contributed by atoms with Gasteiger partial charge in [0.1, 0.15) is 0 Å². The maximum atomic E-state index is 11.3. The Kier molecular flexibility index (Phi) is 6.52. The van der Waals surface area contributed by atoms with E-state index in [0.29, 0.717) is 19.0 Å². The Morgan fingerprint density at radius 1 is 1.41 bits per heavy atom. The molecule has 0 aromatic carbocycles. The molecule has 0 radical (unpaired) electrons. The minimum absolute atomic E-state index is 0.0800. The molecule has 1 amide bonds. The molecule has 100 valence electrons. The topological polar surface area (TPSA) is 52.6 Å². The second kappa shape index (κ2) is 7.67. The van der Waals surface area contributed by atoms with Crippen molar-refractivity contribution >= 4 is 5.91 Å². The third-order valence-corrected chi connectivity index (χ3v) is 3.49. The summed E-state index contributed by atoms with van der Waals surface area (Å²) in [6.45, 7) is 3.26. The molecule has 0 aromatic rings. The number of hydrogen-bond donors (Lipinski definition) is 2. The molecule has 0 aromatic heterocycles. The standard InChI is InChI=1S/C13H26N2O2/c1-11(16)10-15(9-8-13(17)14-2)12-6-4-3-5-7-12/h11-12,16H,3-10H2,1-2H3,(H,14,17). The zero-order chi connectivity index (χ0) is 12.7. The maximum absolute atomic E-state index is 11.3. The Morgan fingerprint density at radius 2 is 2.06 bits per heavy atom. The molecular formula is C13H26N2O2. The molecule has 0 spiro atoms. The molecule has 1 unspecified atom stereocenters. The maximum Gasteiger partial charge on any atom is 0.221 e. The molecule has 1 fully saturated rings. The van der Waals surface area contributed by atoms with Crippen LogP contribution in [0.25, 0.3) is 0 Å². The molecule has 4 nitrogen and oxygen atoms in total. The smallest absolute Gasteiger partial charge is 0.221 e. The molecule has 1 aliphatic rings. The number of carbonyl (C=O) groups is 1. The van der Waals surface area contributed by atoms with Gasteiger partial charge in [0.15, 0.2) is 0 Å². The fourth-order valence-electron chi connectivity index (χ4n) is 2.58. The number of aliphatic hydroxyl groups is 1. The summed E-state index contributed by atoms with van der Waals surface area (Å²) in [6.07, 6.45) is 6.51. The molecule has 0 bridgehead atoms. The first-order chi connectivity index (χ1) is 8.13. The molecule has 0 saturated heterocycles. The van der Waals surface area contributed by atoms with Gasteiger partial charge in [0.2, 0.25) is 5.91 Å². The summed E-state index contributed by atoms with van der Waals surface area (Å²) in [5.41, 5.74) is 0. The SMILES string of the molecule is CNC(=O)CCN(CC(C)O)C1CCCCC1. The minimum atomic E-state index is -0.318. The molecular weight excluding hydrogens is 216 g/mol. The van der Waals surface area contributed by atoms with Crippen molar-refractivity contribution in [2.24, 2.45) is 0 Å². The first kappa shape index (κ1) is 14.5. The van der Waals surface area contributed by atoms with Crippen molar-refractivity contribution in [1.29, 1.82) is 0 Å². The fraction of sp³-hybridized carbons (Fsp3) is 0.923. The first-order valence-electron chi connectivity index (χ1n) is 6.76. The summed E-state index contributed by atoms with van der Waals surface area (Å²) < 4.78 is 0. The van der Waals surface area contributed by atoms with Gasteiger partial charge in [-0.2, -0.15) is 0 Å². The number of nitrogens with one attached hydrogen (secondary N) is 1. The molecule has 17 heavy (non-hydrogen) atoms. The van der Waals surface area contributed by atoms with Crippen molar-refractivity contribution in [3.63, 3.8) is 0 Å². The van der Waals surface area contributed by atoms with Gasteiger partial charge in [-0.25, -0.2) is 0 Å². The quantitative estimate of drug-likeness (QED) is 0.734. The lowest BCUT2D eigenvalue weighted by molar-refractivity contribution is -0.121. The van der Waals surface area contributed by atoms with Crippen LogP contribution in [-0.2, 0) is 4.79 Å². The summed E-state index contributed by atoms with van der Waals surface area (Å²) in [4.78, 5) is 13.6. The normalized spacial score (nSPS) is 19.3. The van der Waals surface area contributed by atoms with Gasteiger partial charge in [-0.05, 0) is 19.8 Å². The highest BCUT2D eigenvalue weighted by Crippen LogP contribution is 2.22. The number of rotatable bonds is 6. The second-order valence-corrected chi connectivity index (χ2v) is 5.06. The molecule has 1 saturated carbocycles. The minimum Gasteiger partial charge on any atom is -0.392 e. The average molecular weight is 242 g/mol. The lowest BCUT2D eigenvalue weighted by atomic mass is 9.94.